The highest BCUT2D eigenvalue weighted by Crippen LogP contribution is 2.52. The molecule has 0 unspecified atom stereocenters. The van der Waals surface area contributed by atoms with Crippen LogP contribution in [-0.2, 0) is 30.3 Å². The smallest absolute Gasteiger partial charge is 0.367 e. The second-order valence-corrected chi connectivity index (χ2v) is 7.32. The monoisotopic (exact) mass is 386 g/mol. The number of ether oxygens (including phenoxy) is 1. The van der Waals surface area contributed by atoms with Gasteiger partial charge in [0.25, 0.3) is 11.6 Å². The van der Waals surface area contributed by atoms with Gasteiger partial charge in [-0.15, -0.1) is 0 Å². The van der Waals surface area contributed by atoms with Crippen LogP contribution in [0.15, 0.2) is 24.3 Å². The Hall–Kier alpha value is -2.71. The van der Waals surface area contributed by atoms with Crippen LogP contribution in [0, 0.1) is 0 Å². The van der Waals surface area contributed by atoms with Crippen LogP contribution in [0.5, 0.6) is 0 Å². The SMILES string of the molecule is CC[C@@]12CCC(=O)n3c1c(c1ccccc13)[C@@](O)(C(=O)OC)N(OC)C(=O)C2. The Kier molecular flexibility index (Phi) is 4.09. The molecule has 1 amide bonds. The fourth-order valence-corrected chi connectivity index (χ4v) is 4.78. The van der Waals surface area contributed by atoms with E-state index in [1.54, 1.807) is 28.8 Å². The van der Waals surface area contributed by atoms with Gasteiger partial charge in [-0.2, -0.15) is 5.06 Å². The Bertz CT molecular complexity index is 1010. The highest BCUT2D eigenvalue weighted by molar-refractivity contribution is 6.02. The molecule has 2 aromatic rings. The molecule has 2 aliphatic heterocycles. The minimum absolute atomic E-state index is 0.00719. The Balaban J connectivity index is 2.23. The number of esters is 1. The molecule has 8 nitrogen and oxygen atoms in total. The number of hydroxylamine groups is 2. The van der Waals surface area contributed by atoms with Gasteiger partial charge in [0, 0.05) is 34.9 Å². The molecule has 2 aliphatic rings. The number of benzene rings is 1. The summed E-state index contributed by atoms with van der Waals surface area (Å²) in [5.74, 6) is -1.72. The topological polar surface area (TPSA) is 98.1 Å². The minimum atomic E-state index is -2.50. The number of nitrogens with zero attached hydrogens (tertiary/aromatic N) is 2. The van der Waals surface area contributed by atoms with E-state index in [1.807, 2.05) is 6.92 Å². The van der Waals surface area contributed by atoms with Crippen LogP contribution < -0.4 is 0 Å². The number of carbonyl (C=O) groups excluding carboxylic acids is 3. The third-order valence-corrected chi connectivity index (χ3v) is 6.13. The van der Waals surface area contributed by atoms with E-state index >= 15 is 0 Å². The summed E-state index contributed by atoms with van der Waals surface area (Å²) in [7, 11) is 2.35. The number of hydrogen-bond donors (Lipinski definition) is 1. The van der Waals surface area contributed by atoms with E-state index in [1.165, 1.54) is 7.11 Å². The van der Waals surface area contributed by atoms with Crippen LogP contribution in [0.1, 0.15) is 48.7 Å². The zero-order valence-corrected chi connectivity index (χ0v) is 16.0. The molecule has 1 N–H and O–H groups in total. The van der Waals surface area contributed by atoms with Crippen molar-refractivity contribution in [1.82, 2.24) is 9.63 Å². The van der Waals surface area contributed by atoms with Gasteiger partial charge in [0.2, 0.25) is 5.91 Å². The first-order valence-corrected chi connectivity index (χ1v) is 9.21. The molecule has 0 saturated heterocycles. The third kappa shape index (κ3) is 2.10. The lowest BCUT2D eigenvalue weighted by Crippen LogP contribution is -2.54. The van der Waals surface area contributed by atoms with E-state index in [2.05, 4.69) is 0 Å². The van der Waals surface area contributed by atoms with E-state index < -0.39 is 23.0 Å². The van der Waals surface area contributed by atoms with Crippen molar-refractivity contribution in [2.24, 2.45) is 0 Å². The molecule has 0 radical (unpaired) electrons. The number of amides is 1. The molecule has 28 heavy (non-hydrogen) atoms. The summed E-state index contributed by atoms with van der Waals surface area (Å²) in [6, 6.07) is 7.03. The maximum absolute atomic E-state index is 13.1. The number of carbonyl (C=O) groups is 3. The summed E-state index contributed by atoms with van der Waals surface area (Å²) in [6.07, 6.45) is 1.29. The Morgan fingerprint density at radius 1 is 1.21 bits per heavy atom. The van der Waals surface area contributed by atoms with Crippen LogP contribution >= 0.6 is 0 Å². The summed E-state index contributed by atoms with van der Waals surface area (Å²) < 4.78 is 6.42. The molecular weight excluding hydrogens is 364 g/mol. The van der Waals surface area contributed by atoms with E-state index in [4.69, 9.17) is 9.57 Å². The Morgan fingerprint density at radius 2 is 1.93 bits per heavy atom. The lowest BCUT2D eigenvalue weighted by molar-refractivity contribution is -0.271. The second-order valence-electron chi connectivity index (χ2n) is 7.32. The number of fused-ring (bicyclic) bond motifs is 3. The van der Waals surface area contributed by atoms with Gasteiger partial charge >= 0.3 is 5.97 Å². The van der Waals surface area contributed by atoms with E-state index in [0.717, 1.165) is 7.11 Å². The molecule has 0 fully saturated rings. The molecule has 1 aromatic heterocycles. The first-order chi connectivity index (χ1) is 13.4. The number of rotatable bonds is 3. The van der Waals surface area contributed by atoms with Gasteiger partial charge < -0.3 is 9.84 Å². The first-order valence-electron chi connectivity index (χ1n) is 9.21. The molecule has 148 valence electrons. The highest BCUT2D eigenvalue weighted by atomic mass is 16.7. The number of hydrogen-bond acceptors (Lipinski definition) is 6. The molecular formula is C20H22N2O6. The van der Waals surface area contributed by atoms with Crippen molar-refractivity contribution in [3.8, 4) is 0 Å². The average Bonchev–Trinajstić information content (AvgIpc) is 3.03. The highest BCUT2D eigenvalue weighted by Gasteiger charge is 2.59. The Labute approximate surface area is 161 Å². The Morgan fingerprint density at radius 3 is 2.57 bits per heavy atom. The van der Waals surface area contributed by atoms with Crippen molar-refractivity contribution in [1.29, 1.82) is 0 Å². The van der Waals surface area contributed by atoms with E-state index in [0.29, 0.717) is 34.5 Å². The molecule has 2 atom stereocenters. The van der Waals surface area contributed by atoms with Gasteiger partial charge in [-0.05, 0) is 18.9 Å². The van der Waals surface area contributed by atoms with E-state index in [9.17, 15) is 19.5 Å². The molecule has 4 rings (SSSR count). The molecule has 1 aromatic carbocycles. The van der Waals surface area contributed by atoms with Crippen molar-refractivity contribution in [3.63, 3.8) is 0 Å². The fraction of sp³-hybridized carbons (Fsp3) is 0.450. The predicted molar refractivity (Wildman–Crippen MR) is 98.2 cm³/mol. The average molecular weight is 386 g/mol. The summed E-state index contributed by atoms with van der Waals surface area (Å²) in [5, 5.41) is 12.8. The van der Waals surface area contributed by atoms with Crippen LogP contribution in [0.2, 0.25) is 0 Å². The van der Waals surface area contributed by atoms with Crippen molar-refractivity contribution in [2.45, 2.75) is 43.7 Å². The van der Waals surface area contributed by atoms with Gasteiger partial charge in [0.15, 0.2) is 0 Å². The molecule has 0 saturated carbocycles. The zero-order chi connectivity index (χ0) is 20.3. The second kappa shape index (κ2) is 6.15. The van der Waals surface area contributed by atoms with Gasteiger partial charge in [0.1, 0.15) is 0 Å². The standard InChI is InChI=1S/C20H22N2O6/c1-4-19-10-9-14(23)21-13-8-6-5-7-12(13)16(17(19)21)20(26,18(25)27-2)22(28-3)15(24)11-19/h5-8,26H,4,9-11H2,1-3H3/t19-,20+/m0/s1. The van der Waals surface area contributed by atoms with E-state index in [-0.39, 0.29) is 24.3 Å². The minimum Gasteiger partial charge on any atom is -0.465 e. The van der Waals surface area contributed by atoms with Gasteiger partial charge in [-0.3, -0.25) is 19.0 Å². The van der Waals surface area contributed by atoms with Crippen LogP contribution in [0.4, 0.5) is 0 Å². The summed E-state index contributed by atoms with van der Waals surface area (Å²) >= 11 is 0. The maximum Gasteiger partial charge on any atom is 0.367 e. The molecule has 0 bridgehead atoms. The summed E-state index contributed by atoms with van der Waals surface area (Å²) in [5.41, 5.74) is -1.95. The van der Waals surface area contributed by atoms with Gasteiger partial charge in [-0.1, -0.05) is 25.1 Å². The van der Waals surface area contributed by atoms with Crippen LogP contribution in [0.25, 0.3) is 10.9 Å². The van der Waals surface area contributed by atoms with Crippen molar-refractivity contribution >= 4 is 28.7 Å². The number of para-hydroxylation sites is 1. The molecule has 0 spiro atoms. The van der Waals surface area contributed by atoms with Crippen molar-refractivity contribution < 1.29 is 29.1 Å². The molecule has 3 heterocycles. The number of aliphatic hydroxyl groups is 1. The largest absolute Gasteiger partial charge is 0.465 e. The number of methoxy groups -OCH3 is 1. The molecule has 0 aliphatic carbocycles. The summed E-state index contributed by atoms with van der Waals surface area (Å²) in [4.78, 5) is 44.0. The molecule has 8 heteroatoms. The quantitative estimate of drug-likeness (QED) is 0.809. The lowest BCUT2D eigenvalue weighted by Gasteiger charge is -2.36. The maximum atomic E-state index is 13.1. The third-order valence-electron chi connectivity index (χ3n) is 6.13. The number of aromatic nitrogens is 1. The van der Waals surface area contributed by atoms with Crippen LogP contribution in [-0.4, -0.2) is 46.7 Å². The summed E-state index contributed by atoms with van der Waals surface area (Å²) in [6.45, 7) is 1.94. The van der Waals surface area contributed by atoms with Crippen LogP contribution in [0.3, 0.4) is 0 Å². The van der Waals surface area contributed by atoms with Crippen molar-refractivity contribution in [2.75, 3.05) is 14.2 Å². The lowest BCUT2D eigenvalue weighted by atomic mass is 9.71. The van der Waals surface area contributed by atoms with Gasteiger partial charge in [-0.25, -0.2) is 4.79 Å². The fourth-order valence-electron chi connectivity index (χ4n) is 4.78. The van der Waals surface area contributed by atoms with Crippen molar-refractivity contribution in [3.05, 3.63) is 35.5 Å². The first kappa shape index (κ1) is 18.6. The zero-order valence-electron chi connectivity index (χ0n) is 16.0. The van der Waals surface area contributed by atoms with Gasteiger partial charge in [0.05, 0.1) is 19.7 Å². The normalized spacial score (nSPS) is 26.9. The predicted octanol–water partition coefficient (Wildman–Crippen LogP) is 1.83.